The summed E-state index contributed by atoms with van der Waals surface area (Å²) >= 11 is 0. The van der Waals surface area contributed by atoms with Crippen molar-refractivity contribution < 1.29 is 9.21 Å². The van der Waals surface area contributed by atoms with Gasteiger partial charge in [0.1, 0.15) is 11.3 Å². The van der Waals surface area contributed by atoms with Crippen molar-refractivity contribution in [2.24, 2.45) is 0 Å². The fourth-order valence-electron chi connectivity index (χ4n) is 3.08. The highest BCUT2D eigenvalue weighted by Crippen LogP contribution is 2.33. The average molecular weight is 257 g/mol. The molecule has 0 radical (unpaired) electrons. The SMILES string of the molecule is CCC1(Cc2c(C)oc3ccccc23)CCC(=O)N1. The fraction of sp³-hybridized carbons (Fsp3) is 0.438. The normalized spacial score (nSPS) is 22.9. The van der Waals surface area contributed by atoms with Crippen molar-refractivity contribution >= 4 is 16.9 Å². The van der Waals surface area contributed by atoms with Crippen LogP contribution in [0.4, 0.5) is 0 Å². The summed E-state index contributed by atoms with van der Waals surface area (Å²) in [6.45, 7) is 4.15. The molecule has 1 atom stereocenters. The second kappa shape index (κ2) is 4.41. The molecule has 1 amide bonds. The monoisotopic (exact) mass is 257 g/mol. The molecule has 0 saturated carbocycles. The third-order valence-corrected chi connectivity index (χ3v) is 4.33. The number of hydrogen-bond acceptors (Lipinski definition) is 2. The fourth-order valence-corrected chi connectivity index (χ4v) is 3.08. The minimum Gasteiger partial charge on any atom is -0.461 e. The minimum absolute atomic E-state index is 0.0888. The Balaban J connectivity index is 2.01. The van der Waals surface area contributed by atoms with Gasteiger partial charge in [-0.05, 0) is 32.3 Å². The Morgan fingerprint density at radius 2 is 2.16 bits per heavy atom. The number of benzene rings is 1. The smallest absolute Gasteiger partial charge is 0.220 e. The summed E-state index contributed by atoms with van der Waals surface area (Å²) in [7, 11) is 0. The van der Waals surface area contributed by atoms with E-state index < -0.39 is 0 Å². The molecule has 1 unspecified atom stereocenters. The van der Waals surface area contributed by atoms with Crippen LogP contribution < -0.4 is 5.32 Å². The first-order valence-electron chi connectivity index (χ1n) is 6.91. The standard InChI is InChI=1S/C16H19NO2/c1-3-16(9-8-15(18)17-16)10-13-11(2)19-14-7-5-4-6-12(13)14/h4-7H,3,8-10H2,1-2H3,(H,17,18). The molecule has 1 aromatic heterocycles. The molecule has 1 fully saturated rings. The summed E-state index contributed by atoms with van der Waals surface area (Å²) in [6.07, 6.45) is 3.37. The molecule has 19 heavy (non-hydrogen) atoms. The van der Waals surface area contributed by atoms with Crippen LogP contribution in [0.1, 0.15) is 37.5 Å². The highest BCUT2D eigenvalue weighted by atomic mass is 16.3. The lowest BCUT2D eigenvalue weighted by molar-refractivity contribution is -0.119. The van der Waals surface area contributed by atoms with Gasteiger partial charge in [0.2, 0.25) is 5.91 Å². The molecule has 1 saturated heterocycles. The maximum Gasteiger partial charge on any atom is 0.220 e. The molecule has 0 aliphatic carbocycles. The van der Waals surface area contributed by atoms with Crippen LogP contribution in [0.2, 0.25) is 0 Å². The summed E-state index contributed by atoms with van der Waals surface area (Å²) in [5, 5.41) is 4.34. The van der Waals surface area contributed by atoms with Crippen molar-refractivity contribution in [1.82, 2.24) is 5.32 Å². The second-order valence-electron chi connectivity index (χ2n) is 5.49. The summed E-state index contributed by atoms with van der Waals surface area (Å²) in [4.78, 5) is 11.6. The zero-order chi connectivity index (χ0) is 13.5. The number of aryl methyl sites for hydroxylation is 1. The Morgan fingerprint density at radius 1 is 1.37 bits per heavy atom. The Labute approximate surface area is 113 Å². The number of furan rings is 1. The Kier molecular flexibility index (Phi) is 2.85. The van der Waals surface area contributed by atoms with E-state index in [1.807, 2.05) is 25.1 Å². The van der Waals surface area contributed by atoms with E-state index in [0.717, 1.165) is 30.6 Å². The molecule has 1 aromatic carbocycles. The van der Waals surface area contributed by atoms with Crippen LogP contribution in [0, 0.1) is 6.92 Å². The van der Waals surface area contributed by atoms with Gasteiger partial charge in [-0.3, -0.25) is 4.79 Å². The molecule has 0 spiro atoms. The molecule has 100 valence electrons. The zero-order valence-electron chi connectivity index (χ0n) is 11.5. The first-order chi connectivity index (χ1) is 9.13. The summed E-state index contributed by atoms with van der Waals surface area (Å²) in [5.74, 6) is 1.14. The van der Waals surface area contributed by atoms with Gasteiger partial charge in [-0.1, -0.05) is 25.1 Å². The van der Waals surface area contributed by atoms with Gasteiger partial charge in [-0.25, -0.2) is 0 Å². The number of nitrogens with one attached hydrogen (secondary N) is 1. The molecule has 0 bridgehead atoms. The van der Waals surface area contributed by atoms with E-state index in [4.69, 9.17) is 4.42 Å². The van der Waals surface area contributed by atoms with E-state index in [2.05, 4.69) is 18.3 Å². The zero-order valence-corrected chi connectivity index (χ0v) is 11.5. The van der Waals surface area contributed by atoms with Gasteiger partial charge < -0.3 is 9.73 Å². The van der Waals surface area contributed by atoms with E-state index >= 15 is 0 Å². The Morgan fingerprint density at radius 3 is 2.84 bits per heavy atom. The van der Waals surface area contributed by atoms with Crippen molar-refractivity contribution in [2.45, 2.75) is 45.1 Å². The van der Waals surface area contributed by atoms with Gasteiger partial charge in [0.05, 0.1) is 0 Å². The van der Waals surface area contributed by atoms with Crippen molar-refractivity contribution in [3.8, 4) is 0 Å². The predicted molar refractivity (Wildman–Crippen MR) is 75.1 cm³/mol. The summed E-state index contributed by atoms with van der Waals surface area (Å²) in [6, 6.07) is 8.12. The van der Waals surface area contributed by atoms with Crippen molar-refractivity contribution in [3.05, 3.63) is 35.6 Å². The number of amides is 1. The van der Waals surface area contributed by atoms with Gasteiger partial charge >= 0.3 is 0 Å². The molecular weight excluding hydrogens is 238 g/mol. The van der Waals surface area contributed by atoms with Crippen LogP contribution in [0.3, 0.4) is 0 Å². The molecule has 1 aliphatic rings. The maximum atomic E-state index is 11.6. The number of para-hydroxylation sites is 1. The van der Waals surface area contributed by atoms with Crippen LogP contribution in [0.5, 0.6) is 0 Å². The third kappa shape index (κ3) is 2.03. The van der Waals surface area contributed by atoms with Gasteiger partial charge in [0.15, 0.2) is 0 Å². The molecule has 2 aromatic rings. The van der Waals surface area contributed by atoms with Crippen molar-refractivity contribution in [2.75, 3.05) is 0 Å². The lowest BCUT2D eigenvalue weighted by Gasteiger charge is -2.27. The van der Waals surface area contributed by atoms with Crippen LogP contribution in [0.15, 0.2) is 28.7 Å². The minimum atomic E-state index is -0.0888. The van der Waals surface area contributed by atoms with E-state index in [1.54, 1.807) is 0 Å². The molecule has 1 N–H and O–H groups in total. The molecule has 2 heterocycles. The first-order valence-corrected chi connectivity index (χ1v) is 6.91. The van der Waals surface area contributed by atoms with Gasteiger partial charge in [-0.2, -0.15) is 0 Å². The van der Waals surface area contributed by atoms with Crippen molar-refractivity contribution in [3.63, 3.8) is 0 Å². The van der Waals surface area contributed by atoms with Crippen LogP contribution in [-0.4, -0.2) is 11.4 Å². The highest BCUT2D eigenvalue weighted by Gasteiger charge is 2.37. The quantitative estimate of drug-likeness (QED) is 0.916. The van der Waals surface area contributed by atoms with E-state index in [9.17, 15) is 4.79 Å². The Hall–Kier alpha value is -1.77. The van der Waals surface area contributed by atoms with Crippen LogP contribution >= 0.6 is 0 Å². The number of carbonyl (C=O) groups is 1. The van der Waals surface area contributed by atoms with Crippen molar-refractivity contribution in [1.29, 1.82) is 0 Å². The van der Waals surface area contributed by atoms with E-state index in [1.165, 1.54) is 10.9 Å². The lowest BCUT2D eigenvalue weighted by Crippen LogP contribution is -2.43. The van der Waals surface area contributed by atoms with Crippen LogP contribution in [0.25, 0.3) is 11.0 Å². The largest absolute Gasteiger partial charge is 0.461 e. The summed E-state index contributed by atoms with van der Waals surface area (Å²) < 4.78 is 5.81. The van der Waals surface area contributed by atoms with Crippen LogP contribution in [-0.2, 0) is 11.2 Å². The number of rotatable bonds is 3. The van der Waals surface area contributed by atoms with Gasteiger partial charge in [0, 0.05) is 22.9 Å². The number of carbonyl (C=O) groups excluding carboxylic acids is 1. The second-order valence-corrected chi connectivity index (χ2v) is 5.49. The lowest BCUT2D eigenvalue weighted by atomic mass is 9.86. The average Bonchev–Trinajstić information content (AvgIpc) is 2.93. The molecule has 1 aliphatic heterocycles. The Bertz CT molecular complexity index is 629. The molecule has 3 nitrogen and oxygen atoms in total. The maximum absolute atomic E-state index is 11.6. The number of fused-ring (bicyclic) bond motifs is 1. The number of hydrogen-bond donors (Lipinski definition) is 1. The molecule has 3 heteroatoms. The molecule has 3 rings (SSSR count). The van der Waals surface area contributed by atoms with E-state index in [-0.39, 0.29) is 11.4 Å². The highest BCUT2D eigenvalue weighted by molar-refractivity contribution is 5.83. The summed E-state index contributed by atoms with van der Waals surface area (Å²) in [5.41, 5.74) is 2.08. The molecular formula is C16H19NO2. The topological polar surface area (TPSA) is 42.2 Å². The van der Waals surface area contributed by atoms with E-state index in [0.29, 0.717) is 6.42 Å². The van der Waals surface area contributed by atoms with Gasteiger partial charge in [-0.15, -0.1) is 0 Å². The third-order valence-electron chi connectivity index (χ3n) is 4.33. The van der Waals surface area contributed by atoms with Gasteiger partial charge in [0.25, 0.3) is 0 Å². The first kappa shape index (κ1) is 12.3. The predicted octanol–water partition coefficient (Wildman–Crippen LogP) is 3.34.